The molecule has 2 aromatic rings. The third-order valence-corrected chi connectivity index (χ3v) is 4.18. The summed E-state index contributed by atoms with van der Waals surface area (Å²) in [5, 5.41) is 0.556. The average molecular weight is 331 g/mol. The summed E-state index contributed by atoms with van der Waals surface area (Å²) >= 11 is 5.94. The van der Waals surface area contributed by atoms with Gasteiger partial charge in [0.2, 0.25) is 0 Å². The summed E-state index contributed by atoms with van der Waals surface area (Å²) in [5.41, 5.74) is 3.84. The van der Waals surface area contributed by atoms with Gasteiger partial charge in [-0.15, -0.1) is 0 Å². The maximum Gasteiger partial charge on any atom is 0.150 e. The van der Waals surface area contributed by atoms with Crippen molar-refractivity contribution in [2.75, 3.05) is 0 Å². The molecule has 122 valence electrons. The highest BCUT2D eigenvalue weighted by Crippen LogP contribution is 2.31. The molecule has 0 N–H and O–H groups in total. The fourth-order valence-corrected chi connectivity index (χ4v) is 2.66. The topological polar surface area (TPSA) is 26.3 Å². The molecule has 0 amide bonds. The minimum absolute atomic E-state index is 0.354. The zero-order chi connectivity index (χ0) is 17.0. The van der Waals surface area contributed by atoms with Gasteiger partial charge in [0.25, 0.3) is 0 Å². The molecule has 0 aliphatic carbocycles. The summed E-state index contributed by atoms with van der Waals surface area (Å²) in [5.74, 6) is 1.71. The van der Waals surface area contributed by atoms with E-state index in [1.807, 2.05) is 6.07 Å². The lowest BCUT2D eigenvalue weighted by Gasteiger charge is -2.17. The van der Waals surface area contributed by atoms with Crippen molar-refractivity contribution < 1.29 is 9.53 Å². The molecule has 2 aromatic carbocycles. The molecule has 0 bridgehead atoms. The van der Waals surface area contributed by atoms with E-state index in [1.54, 1.807) is 12.1 Å². The zero-order valence-corrected chi connectivity index (χ0v) is 14.9. The van der Waals surface area contributed by atoms with Crippen molar-refractivity contribution in [3.63, 3.8) is 0 Å². The molecule has 23 heavy (non-hydrogen) atoms. The lowest BCUT2D eigenvalue weighted by Crippen LogP contribution is -2.03. The van der Waals surface area contributed by atoms with Crippen LogP contribution in [0.3, 0.4) is 0 Å². The zero-order valence-electron chi connectivity index (χ0n) is 14.1. The van der Waals surface area contributed by atoms with Gasteiger partial charge in [0.1, 0.15) is 12.4 Å². The van der Waals surface area contributed by atoms with Gasteiger partial charge in [0, 0.05) is 10.6 Å². The first-order valence-corrected chi connectivity index (χ1v) is 8.30. The molecule has 0 unspecified atom stereocenters. The predicted molar refractivity (Wildman–Crippen MR) is 95.8 cm³/mol. The predicted octanol–water partition coefficient (Wildman–Crippen LogP) is 5.98. The van der Waals surface area contributed by atoms with Crippen molar-refractivity contribution in [1.82, 2.24) is 0 Å². The summed E-state index contributed by atoms with van der Waals surface area (Å²) in [6, 6.07) is 11.7. The number of aldehydes is 1. The summed E-state index contributed by atoms with van der Waals surface area (Å²) in [7, 11) is 0. The third kappa shape index (κ3) is 4.35. The van der Waals surface area contributed by atoms with E-state index in [4.69, 9.17) is 16.3 Å². The molecule has 0 aromatic heterocycles. The van der Waals surface area contributed by atoms with Crippen LogP contribution in [0, 0.1) is 0 Å². The molecule has 0 fully saturated rings. The fraction of sp³-hybridized carbons (Fsp3) is 0.350. The van der Waals surface area contributed by atoms with Crippen molar-refractivity contribution >= 4 is 17.9 Å². The molecule has 3 heteroatoms. The monoisotopic (exact) mass is 330 g/mol. The van der Waals surface area contributed by atoms with Gasteiger partial charge < -0.3 is 4.74 Å². The largest absolute Gasteiger partial charge is 0.489 e. The van der Waals surface area contributed by atoms with Crippen molar-refractivity contribution in [2.24, 2.45) is 0 Å². The van der Waals surface area contributed by atoms with E-state index in [1.165, 1.54) is 11.1 Å². The van der Waals surface area contributed by atoms with E-state index in [-0.39, 0.29) is 0 Å². The molecule has 0 aliphatic rings. The van der Waals surface area contributed by atoms with E-state index >= 15 is 0 Å². The van der Waals surface area contributed by atoms with Crippen molar-refractivity contribution in [2.45, 2.75) is 46.1 Å². The number of halogens is 1. The number of rotatable bonds is 6. The molecular weight excluding hydrogens is 308 g/mol. The fourth-order valence-electron chi connectivity index (χ4n) is 2.47. The molecule has 0 heterocycles. The standard InChI is InChI=1S/C20H23ClO2/c1-13(2)15-6-8-19(14(3)4)20(10-15)23-12-16-5-7-18(21)9-17(16)11-22/h5-11,13-14H,12H2,1-4H3. The lowest BCUT2D eigenvalue weighted by atomic mass is 9.96. The second-order valence-corrected chi connectivity index (χ2v) is 6.79. The average Bonchev–Trinajstić information content (AvgIpc) is 2.52. The van der Waals surface area contributed by atoms with Gasteiger partial charge in [-0.25, -0.2) is 0 Å². The Kier molecular flexibility index (Phi) is 5.84. The molecule has 2 rings (SSSR count). The van der Waals surface area contributed by atoms with Crippen LogP contribution in [0.15, 0.2) is 36.4 Å². The van der Waals surface area contributed by atoms with Crippen LogP contribution < -0.4 is 4.74 Å². The highest BCUT2D eigenvalue weighted by Gasteiger charge is 2.12. The van der Waals surface area contributed by atoms with Gasteiger partial charge >= 0.3 is 0 Å². The maximum atomic E-state index is 11.2. The molecule has 0 aliphatic heterocycles. The lowest BCUT2D eigenvalue weighted by molar-refractivity contribution is 0.112. The molecule has 2 nitrogen and oxygen atoms in total. The minimum Gasteiger partial charge on any atom is -0.489 e. The normalized spacial score (nSPS) is 11.1. The smallest absolute Gasteiger partial charge is 0.150 e. The van der Waals surface area contributed by atoms with Crippen LogP contribution in [0.25, 0.3) is 0 Å². The van der Waals surface area contributed by atoms with Crippen LogP contribution >= 0.6 is 11.6 Å². The number of hydrogen-bond acceptors (Lipinski definition) is 2. The molecule has 0 radical (unpaired) electrons. The summed E-state index contributed by atoms with van der Waals surface area (Å²) in [6.45, 7) is 8.98. The number of carbonyl (C=O) groups excluding carboxylic acids is 1. The first-order valence-electron chi connectivity index (χ1n) is 7.92. The van der Waals surface area contributed by atoms with E-state index in [0.29, 0.717) is 29.0 Å². The molecular formula is C20H23ClO2. The number of carbonyl (C=O) groups is 1. The summed E-state index contributed by atoms with van der Waals surface area (Å²) in [6.07, 6.45) is 0.818. The molecule has 0 saturated carbocycles. The van der Waals surface area contributed by atoms with E-state index < -0.39 is 0 Å². The van der Waals surface area contributed by atoms with Crippen molar-refractivity contribution in [1.29, 1.82) is 0 Å². The van der Waals surface area contributed by atoms with Gasteiger partial charge in [-0.2, -0.15) is 0 Å². The van der Waals surface area contributed by atoms with Crippen LogP contribution in [-0.4, -0.2) is 6.29 Å². The van der Waals surface area contributed by atoms with Crippen molar-refractivity contribution in [3.8, 4) is 5.75 Å². The third-order valence-electron chi connectivity index (χ3n) is 3.94. The Bertz CT molecular complexity index is 690. The van der Waals surface area contributed by atoms with Gasteiger partial charge in [-0.1, -0.05) is 57.5 Å². The molecule has 0 atom stereocenters. The Morgan fingerprint density at radius 2 is 1.78 bits per heavy atom. The first-order chi connectivity index (χ1) is 10.9. The maximum absolute atomic E-state index is 11.2. The second-order valence-electron chi connectivity index (χ2n) is 6.36. The van der Waals surface area contributed by atoms with E-state index in [2.05, 4.69) is 45.9 Å². The Hall–Kier alpha value is -1.80. The second kappa shape index (κ2) is 7.65. The van der Waals surface area contributed by atoms with E-state index in [9.17, 15) is 4.79 Å². The number of hydrogen-bond donors (Lipinski definition) is 0. The van der Waals surface area contributed by atoms with Crippen LogP contribution in [-0.2, 0) is 6.61 Å². The number of ether oxygens (including phenoxy) is 1. The Labute approximate surface area is 143 Å². The van der Waals surface area contributed by atoms with Crippen LogP contribution in [0.5, 0.6) is 5.75 Å². The Morgan fingerprint density at radius 1 is 1.04 bits per heavy atom. The quantitative estimate of drug-likeness (QED) is 0.609. The van der Waals surface area contributed by atoms with Crippen LogP contribution in [0.2, 0.25) is 5.02 Å². The highest BCUT2D eigenvalue weighted by atomic mass is 35.5. The first kappa shape index (κ1) is 17.6. The van der Waals surface area contributed by atoms with Gasteiger partial charge in [-0.3, -0.25) is 4.79 Å². The van der Waals surface area contributed by atoms with E-state index in [0.717, 1.165) is 17.6 Å². The van der Waals surface area contributed by atoms with Crippen LogP contribution in [0.1, 0.15) is 66.6 Å². The number of benzene rings is 2. The minimum atomic E-state index is 0.354. The summed E-state index contributed by atoms with van der Waals surface area (Å²) < 4.78 is 6.06. The Morgan fingerprint density at radius 3 is 2.39 bits per heavy atom. The van der Waals surface area contributed by atoms with Gasteiger partial charge in [0.15, 0.2) is 6.29 Å². The Balaban J connectivity index is 2.28. The SMILES string of the molecule is CC(C)c1ccc(C(C)C)c(OCc2ccc(Cl)cc2C=O)c1. The molecule has 0 spiro atoms. The van der Waals surface area contributed by atoms with Crippen molar-refractivity contribution in [3.05, 3.63) is 63.7 Å². The van der Waals surface area contributed by atoms with Crippen LogP contribution in [0.4, 0.5) is 0 Å². The van der Waals surface area contributed by atoms with Gasteiger partial charge in [0.05, 0.1) is 0 Å². The highest BCUT2D eigenvalue weighted by molar-refractivity contribution is 6.30. The molecule has 0 saturated heterocycles. The van der Waals surface area contributed by atoms with Gasteiger partial charge in [-0.05, 0) is 46.7 Å². The summed E-state index contributed by atoms with van der Waals surface area (Å²) in [4.78, 5) is 11.2.